The lowest BCUT2D eigenvalue weighted by Crippen LogP contribution is -2.53. The van der Waals surface area contributed by atoms with Crippen molar-refractivity contribution in [3.8, 4) is 0 Å². The number of nitrogens with one attached hydrogen (secondary N) is 1. The van der Waals surface area contributed by atoms with Crippen LogP contribution in [0.15, 0.2) is 48.2 Å². The van der Waals surface area contributed by atoms with Crippen LogP contribution >= 0.6 is 0 Å². The number of hydrogen-bond donors (Lipinski definition) is 1. The summed E-state index contributed by atoms with van der Waals surface area (Å²) in [4.78, 5) is 34.6. The predicted octanol–water partition coefficient (Wildman–Crippen LogP) is 1.66. The van der Waals surface area contributed by atoms with Crippen molar-refractivity contribution < 1.29 is 28.6 Å². The van der Waals surface area contributed by atoms with E-state index in [1.165, 1.54) is 0 Å². The Balaban J connectivity index is 2.63. The third kappa shape index (κ3) is 9.53. The van der Waals surface area contributed by atoms with Crippen molar-refractivity contribution in [2.24, 2.45) is 0 Å². The van der Waals surface area contributed by atoms with Gasteiger partial charge in [-0.05, 0) is 26.3 Å². The Morgan fingerprint density at radius 3 is 1.83 bits per heavy atom. The van der Waals surface area contributed by atoms with Crippen LogP contribution in [0, 0.1) is 0 Å². The highest BCUT2D eigenvalue weighted by atomic mass is 16.5. The second kappa shape index (κ2) is 12.6. The average Bonchev–Trinajstić information content (AvgIpc) is 2.67. The normalized spacial score (nSPS) is 13.8. The third-order valence-corrected chi connectivity index (χ3v) is 3.86. The maximum absolute atomic E-state index is 11.5. The molecule has 0 unspecified atom stereocenters. The molecular formula is C21H31N3O6. The quantitative estimate of drug-likeness (QED) is 0.287. The monoisotopic (exact) mass is 421 g/mol. The first-order valence-electron chi connectivity index (χ1n) is 9.55. The van der Waals surface area contributed by atoms with Crippen molar-refractivity contribution in [3.05, 3.63) is 48.2 Å². The molecule has 0 saturated heterocycles. The predicted molar refractivity (Wildman–Crippen MR) is 111 cm³/mol. The van der Waals surface area contributed by atoms with Crippen molar-refractivity contribution in [3.63, 3.8) is 0 Å². The first kappa shape index (κ1) is 25.1. The molecule has 0 amide bonds. The Morgan fingerprint density at radius 2 is 1.33 bits per heavy atom. The van der Waals surface area contributed by atoms with E-state index in [1.54, 1.807) is 25.8 Å². The molecular weight excluding hydrogens is 390 g/mol. The lowest BCUT2D eigenvalue weighted by molar-refractivity contribution is -0.140. The molecule has 0 bridgehead atoms. The van der Waals surface area contributed by atoms with Gasteiger partial charge >= 0.3 is 17.9 Å². The molecule has 0 radical (unpaired) electrons. The molecule has 1 aliphatic rings. The molecule has 30 heavy (non-hydrogen) atoms. The molecule has 166 valence electrons. The van der Waals surface area contributed by atoms with E-state index < -0.39 is 17.9 Å². The summed E-state index contributed by atoms with van der Waals surface area (Å²) < 4.78 is 15.4. The highest BCUT2D eigenvalue weighted by Crippen LogP contribution is 2.11. The minimum absolute atomic E-state index is 0.158. The third-order valence-electron chi connectivity index (χ3n) is 3.86. The van der Waals surface area contributed by atoms with Gasteiger partial charge in [-0.2, -0.15) is 5.53 Å². The van der Waals surface area contributed by atoms with E-state index in [0.717, 1.165) is 5.57 Å². The van der Waals surface area contributed by atoms with Crippen molar-refractivity contribution in [1.82, 2.24) is 15.6 Å². The number of carbonyl (C=O) groups excluding carboxylic acids is 3. The molecule has 0 aliphatic carbocycles. The zero-order valence-electron chi connectivity index (χ0n) is 18.0. The van der Waals surface area contributed by atoms with Gasteiger partial charge < -0.3 is 14.2 Å². The molecule has 0 aromatic carbocycles. The number of carbonyl (C=O) groups is 3. The second-order valence-electron chi connectivity index (χ2n) is 7.00. The summed E-state index contributed by atoms with van der Waals surface area (Å²) in [5, 5.41) is 3.61. The van der Waals surface area contributed by atoms with E-state index in [9.17, 15) is 14.4 Å². The number of nitrogens with zero attached hydrogens (tertiary/aromatic N) is 2. The van der Waals surface area contributed by atoms with Crippen LogP contribution in [0.3, 0.4) is 0 Å². The molecule has 9 heteroatoms. The second-order valence-corrected chi connectivity index (χ2v) is 7.00. The molecule has 9 nitrogen and oxygen atoms in total. The van der Waals surface area contributed by atoms with E-state index in [0.29, 0.717) is 42.8 Å². The van der Waals surface area contributed by atoms with Gasteiger partial charge in [0.2, 0.25) is 0 Å². The van der Waals surface area contributed by atoms with E-state index in [1.807, 2.05) is 11.2 Å². The van der Waals surface area contributed by atoms with Crippen LogP contribution in [0.5, 0.6) is 0 Å². The molecule has 1 rings (SSSR count). The first-order valence-corrected chi connectivity index (χ1v) is 9.55. The van der Waals surface area contributed by atoms with E-state index in [4.69, 9.17) is 14.2 Å². The van der Waals surface area contributed by atoms with Crippen molar-refractivity contribution >= 4 is 17.9 Å². The average molecular weight is 421 g/mol. The zero-order valence-corrected chi connectivity index (χ0v) is 18.0. The van der Waals surface area contributed by atoms with Crippen LogP contribution in [0.1, 0.15) is 27.2 Å². The van der Waals surface area contributed by atoms with Crippen LogP contribution < -0.4 is 5.53 Å². The Kier molecular flexibility index (Phi) is 10.6. The number of esters is 3. The molecule has 0 aromatic heterocycles. The molecule has 1 heterocycles. The molecule has 1 N–H and O–H groups in total. The van der Waals surface area contributed by atoms with Crippen LogP contribution in [0.4, 0.5) is 0 Å². The minimum Gasteiger partial charge on any atom is -0.462 e. The van der Waals surface area contributed by atoms with Gasteiger partial charge in [0.15, 0.2) is 0 Å². The summed E-state index contributed by atoms with van der Waals surface area (Å²) in [5.74, 6) is -1.33. The van der Waals surface area contributed by atoms with Crippen molar-refractivity contribution in [1.29, 1.82) is 0 Å². The van der Waals surface area contributed by atoms with Crippen molar-refractivity contribution in [2.75, 3.05) is 39.5 Å². The van der Waals surface area contributed by atoms with Gasteiger partial charge in [0.25, 0.3) is 0 Å². The number of ether oxygens (including phenoxy) is 3. The van der Waals surface area contributed by atoms with Gasteiger partial charge in [0, 0.05) is 42.4 Å². The topological polar surface area (TPSA) is 97.4 Å². The number of hydrogen-bond acceptors (Lipinski definition) is 9. The molecule has 0 aromatic rings. The molecule has 0 atom stereocenters. The number of rotatable bonds is 12. The summed E-state index contributed by atoms with van der Waals surface area (Å²) in [7, 11) is 0. The first-order chi connectivity index (χ1) is 14.1. The Labute approximate surface area is 177 Å². The van der Waals surface area contributed by atoms with Crippen LogP contribution in [-0.2, 0) is 28.6 Å². The fourth-order valence-electron chi connectivity index (χ4n) is 2.27. The van der Waals surface area contributed by atoms with E-state index in [2.05, 4.69) is 25.3 Å². The van der Waals surface area contributed by atoms with Crippen LogP contribution in [-0.4, -0.2) is 67.4 Å². The Bertz CT molecular complexity index is 728. The zero-order chi connectivity index (χ0) is 22.7. The molecule has 1 aliphatic heterocycles. The maximum atomic E-state index is 11.5. The summed E-state index contributed by atoms with van der Waals surface area (Å²) >= 11 is 0. The fourth-order valence-corrected chi connectivity index (χ4v) is 2.27. The summed E-state index contributed by atoms with van der Waals surface area (Å²) in [6.45, 7) is 17.3. The van der Waals surface area contributed by atoms with Gasteiger partial charge in [-0.3, -0.25) is 5.01 Å². The minimum atomic E-state index is -0.452. The highest BCUT2D eigenvalue weighted by molar-refractivity contribution is 5.87. The molecule has 0 fully saturated rings. The van der Waals surface area contributed by atoms with Crippen LogP contribution in [0.2, 0.25) is 0 Å². The fraction of sp³-hybridized carbons (Fsp3) is 0.476. The van der Waals surface area contributed by atoms with Crippen molar-refractivity contribution in [2.45, 2.75) is 27.2 Å². The van der Waals surface area contributed by atoms with Gasteiger partial charge in [-0.25, -0.2) is 19.4 Å². The summed E-state index contributed by atoms with van der Waals surface area (Å²) in [5.41, 5.74) is 5.15. The molecule has 0 saturated carbocycles. The largest absolute Gasteiger partial charge is 0.462 e. The maximum Gasteiger partial charge on any atom is 0.333 e. The lowest BCUT2D eigenvalue weighted by Gasteiger charge is -2.36. The summed E-state index contributed by atoms with van der Waals surface area (Å²) in [6.07, 6.45) is 2.39. The van der Waals surface area contributed by atoms with Gasteiger partial charge in [0.1, 0.15) is 13.2 Å². The lowest BCUT2D eigenvalue weighted by atomic mass is 10.2. The highest BCUT2D eigenvalue weighted by Gasteiger charge is 2.19. The van der Waals surface area contributed by atoms with Gasteiger partial charge in [-0.15, -0.1) is 0 Å². The summed E-state index contributed by atoms with van der Waals surface area (Å²) in [6, 6.07) is 0. The van der Waals surface area contributed by atoms with E-state index >= 15 is 0 Å². The standard InChI is InChI=1S/C21H31N3O6/c1-15(2)19(25)28-10-7-18-13-23(8-11-29-20(26)16(3)4)22-24(14-18)9-12-30-21(27)17(5)6/h13,22H,1,3,5,7-12,14H2,2,4,6H3. The number of hydrazine groups is 2. The van der Waals surface area contributed by atoms with E-state index in [-0.39, 0.29) is 19.8 Å². The van der Waals surface area contributed by atoms with Gasteiger partial charge in [0.05, 0.1) is 13.2 Å². The van der Waals surface area contributed by atoms with Crippen LogP contribution in [0.25, 0.3) is 0 Å². The Morgan fingerprint density at radius 1 is 0.867 bits per heavy atom. The van der Waals surface area contributed by atoms with Gasteiger partial charge in [-0.1, -0.05) is 19.7 Å². The smallest absolute Gasteiger partial charge is 0.333 e. The SMILES string of the molecule is C=C(C)C(=O)OCCC1=CN(CCOC(=O)C(=C)C)NN(CCOC(=O)C(=C)C)C1. The Hall–Kier alpha value is -2.91. The molecule has 0 spiro atoms.